The number of hydrogen-bond acceptors (Lipinski definition) is 3. The lowest BCUT2D eigenvalue weighted by atomic mass is 9.99. The summed E-state index contributed by atoms with van der Waals surface area (Å²) in [6, 6.07) is 10.2. The lowest BCUT2D eigenvalue weighted by Gasteiger charge is -2.29. The summed E-state index contributed by atoms with van der Waals surface area (Å²) in [5.74, 6) is -0.241. The van der Waals surface area contributed by atoms with Crippen molar-refractivity contribution in [2.24, 2.45) is 0 Å². The summed E-state index contributed by atoms with van der Waals surface area (Å²) in [6.45, 7) is 2.62. The first-order valence-corrected chi connectivity index (χ1v) is 7.70. The molecule has 3 rings (SSSR count). The highest BCUT2D eigenvalue weighted by Gasteiger charge is 2.25. The monoisotopic (exact) mass is 330 g/mol. The number of hydrogen-bond donors (Lipinski definition) is 0. The molecular weight excluding hydrogens is 316 g/mol. The molecule has 0 atom stereocenters. The molecule has 0 aromatic heterocycles. The molecule has 118 valence electrons. The van der Waals surface area contributed by atoms with Crippen molar-refractivity contribution < 1.29 is 9.72 Å². The normalized spacial score (nSPS) is 13.6. The number of benzene rings is 2. The summed E-state index contributed by atoms with van der Waals surface area (Å²) in [5, 5.41) is 11.0. The smallest absolute Gasteiger partial charge is 0.288 e. The Morgan fingerprint density at radius 3 is 2.78 bits per heavy atom. The van der Waals surface area contributed by atoms with Crippen LogP contribution in [0, 0.1) is 17.0 Å². The second kappa shape index (κ2) is 6.01. The molecule has 0 unspecified atom stereocenters. The third kappa shape index (κ3) is 2.92. The van der Waals surface area contributed by atoms with Gasteiger partial charge in [-0.1, -0.05) is 29.3 Å². The maximum Gasteiger partial charge on any atom is 0.288 e. The van der Waals surface area contributed by atoms with Gasteiger partial charge < -0.3 is 4.90 Å². The number of anilines is 1. The third-order valence-electron chi connectivity index (χ3n) is 3.99. The SMILES string of the molecule is Cc1ccc2c(c1)CCCN2C(=O)c1ccc(Cl)c([N+](=O)[O-])c1. The third-order valence-corrected chi connectivity index (χ3v) is 4.31. The molecule has 23 heavy (non-hydrogen) atoms. The molecule has 0 spiro atoms. The molecule has 0 fully saturated rings. The predicted molar refractivity (Wildman–Crippen MR) is 89.3 cm³/mol. The fraction of sp³-hybridized carbons (Fsp3) is 0.235. The quantitative estimate of drug-likeness (QED) is 0.613. The Labute approximate surface area is 138 Å². The van der Waals surface area contributed by atoms with Crippen LogP contribution in [-0.2, 0) is 6.42 Å². The van der Waals surface area contributed by atoms with Gasteiger partial charge in [-0.05, 0) is 43.5 Å². The van der Waals surface area contributed by atoms with Gasteiger partial charge in [-0.3, -0.25) is 14.9 Å². The van der Waals surface area contributed by atoms with E-state index < -0.39 is 4.92 Å². The fourth-order valence-electron chi connectivity index (χ4n) is 2.88. The lowest BCUT2D eigenvalue weighted by molar-refractivity contribution is -0.384. The van der Waals surface area contributed by atoms with E-state index in [1.54, 1.807) is 4.90 Å². The van der Waals surface area contributed by atoms with E-state index in [9.17, 15) is 14.9 Å². The summed E-state index contributed by atoms with van der Waals surface area (Å²) < 4.78 is 0. The second-order valence-corrected chi connectivity index (χ2v) is 6.02. The lowest BCUT2D eigenvalue weighted by Crippen LogP contribution is -2.35. The Hall–Kier alpha value is -2.40. The molecule has 2 aromatic carbocycles. The van der Waals surface area contributed by atoms with Gasteiger partial charge in [0.15, 0.2) is 0 Å². The minimum Gasteiger partial charge on any atom is -0.308 e. The fourth-order valence-corrected chi connectivity index (χ4v) is 3.06. The van der Waals surface area contributed by atoms with E-state index in [0.717, 1.165) is 29.7 Å². The average molecular weight is 331 g/mol. The van der Waals surface area contributed by atoms with Crippen molar-refractivity contribution in [1.82, 2.24) is 0 Å². The van der Waals surface area contributed by atoms with Crippen molar-refractivity contribution >= 4 is 28.9 Å². The topological polar surface area (TPSA) is 63.5 Å². The number of carbonyl (C=O) groups excluding carboxylic acids is 1. The summed E-state index contributed by atoms with van der Waals surface area (Å²) >= 11 is 5.81. The van der Waals surface area contributed by atoms with Crippen LogP contribution < -0.4 is 4.90 Å². The van der Waals surface area contributed by atoms with Crippen molar-refractivity contribution in [3.63, 3.8) is 0 Å². The molecular formula is C17H15ClN2O3. The first-order valence-electron chi connectivity index (χ1n) is 7.32. The van der Waals surface area contributed by atoms with Gasteiger partial charge in [0, 0.05) is 23.9 Å². The van der Waals surface area contributed by atoms with Crippen LogP contribution in [0.2, 0.25) is 5.02 Å². The number of nitrogens with zero attached hydrogens (tertiary/aromatic N) is 2. The van der Waals surface area contributed by atoms with Gasteiger partial charge >= 0.3 is 0 Å². The van der Waals surface area contributed by atoms with Crippen molar-refractivity contribution in [2.45, 2.75) is 19.8 Å². The molecule has 0 bridgehead atoms. The largest absolute Gasteiger partial charge is 0.308 e. The standard InChI is InChI=1S/C17H15ClN2O3/c1-11-4-7-15-12(9-11)3-2-8-19(15)17(21)13-5-6-14(18)16(10-13)20(22)23/h4-7,9-10H,2-3,8H2,1H3. The van der Waals surface area contributed by atoms with E-state index >= 15 is 0 Å². The minimum absolute atomic E-state index is 0.0289. The molecule has 0 saturated carbocycles. The van der Waals surface area contributed by atoms with Crippen LogP contribution in [0.4, 0.5) is 11.4 Å². The molecule has 0 saturated heterocycles. The van der Waals surface area contributed by atoms with Crippen molar-refractivity contribution in [3.05, 3.63) is 68.2 Å². The van der Waals surface area contributed by atoms with E-state index in [0.29, 0.717) is 6.54 Å². The highest BCUT2D eigenvalue weighted by atomic mass is 35.5. The summed E-state index contributed by atoms with van der Waals surface area (Å²) in [6.07, 6.45) is 1.80. The molecule has 6 heteroatoms. The Kier molecular flexibility index (Phi) is 4.05. The van der Waals surface area contributed by atoms with Crippen LogP contribution in [0.3, 0.4) is 0 Å². The predicted octanol–water partition coefficient (Wildman–Crippen LogP) is 4.15. The molecule has 1 aliphatic heterocycles. The van der Waals surface area contributed by atoms with Crippen molar-refractivity contribution in [3.8, 4) is 0 Å². The van der Waals surface area contributed by atoms with Gasteiger partial charge in [0.2, 0.25) is 0 Å². The first kappa shape index (κ1) is 15.5. The molecule has 0 N–H and O–H groups in total. The minimum atomic E-state index is -0.577. The van der Waals surface area contributed by atoms with E-state index in [4.69, 9.17) is 11.6 Å². The molecule has 2 aromatic rings. The molecule has 0 radical (unpaired) electrons. The Balaban J connectivity index is 1.99. The Bertz CT molecular complexity index is 804. The Morgan fingerprint density at radius 1 is 1.26 bits per heavy atom. The van der Waals surface area contributed by atoms with Crippen LogP contribution in [0.5, 0.6) is 0 Å². The molecule has 5 nitrogen and oxygen atoms in total. The highest BCUT2D eigenvalue weighted by Crippen LogP contribution is 2.31. The van der Waals surface area contributed by atoms with Crippen molar-refractivity contribution in [2.75, 3.05) is 11.4 Å². The summed E-state index contributed by atoms with van der Waals surface area (Å²) in [5.41, 5.74) is 3.19. The summed E-state index contributed by atoms with van der Waals surface area (Å²) in [7, 11) is 0. The Morgan fingerprint density at radius 2 is 2.04 bits per heavy atom. The number of amides is 1. The van der Waals surface area contributed by atoms with Gasteiger partial charge in [0.1, 0.15) is 5.02 Å². The maximum absolute atomic E-state index is 12.8. The number of rotatable bonds is 2. The maximum atomic E-state index is 12.8. The van der Waals surface area contributed by atoms with Gasteiger partial charge in [0.05, 0.1) is 4.92 Å². The zero-order chi connectivity index (χ0) is 16.6. The zero-order valence-electron chi connectivity index (χ0n) is 12.6. The van der Waals surface area contributed by atoms with E-state index in [-0.39, 0.29) is 22.2 Å². The van der Waals surface area contributed by atoms with Gasteiger partial charge in [0.25, 0.3) is 11.6 Å². The highest BCUT2D eigenvalue weighted by molar-refractivity contribution is 6.32. The zero-order valence-corrected chi connectivity index (χ0v) is 13.3. The second-order valence-electron chi connectivity index (χ2n) is 5.62. The number of nitro groups is 1. The number of nitro benzene ring substituents is 1. The first-order chi connectivity index (χ1) is 11.0. The number of carbonyl (C=O) groups is 1. The van der Waals surface area contributed by atoms with Crippen LogP contribution in [0.15, 0.2) is 36.4 Å². The number of fused-ring (bicyclic) bond motifs is 1. The summed E-state index contributed by atoms with van der Waals surface area (Å²) in [4.78, 5) is 24.9. The van der Waals surface area contributed by atoms with Crippen LogP contribution in [0.25, 0.3) is 0 Å². The molecule has 1 heterocycles. The average Bonchev–Trinajstić information content (AvgIpc) is 2.53. The van der Waals surface area contributed by atoms with Crippen LogP contribution in [-0.4, -0.2) is 17.4 Å². The van der Waals surface area contributed by atoms with Gasteiger partial charge in [-0.2, -0.15) is 0 Å². The van der Waals surface area contributed by atoms with Crippen LogP contribution >= 0.6 is 11.6 Å². The van der Waals surface area contributed by atoms with E-state index in [1.807, 2.05) is 19.1 Å². The molecule has 1 aliphatic rings. The number of aryl methyl sites for hydroxylation is 2. The van der Waals surface area contributed by atoms with E-state index in [1.165, 1.54) is 18.2 Å². The number of halogens is 1. The van der Waals surface area contributed by atoms with Gasteiger partial charge in [-0.15, -0.1) is 0 Å². The van der Waals surface area contributed by atoms with Gasteiger partial charge in [-0.25, -0.2) is 0 Å². The van der Waals surface area contributed by atoms with Crippen molar-refractivity contribution in [1.29, 1.82) is 0 Å². The molecule has 1 amide bonds. The van der Waals surface area contributed by atoms with E-state index in [2.05, 4.69) is 6.07 Å². The van der Waals surface area contributed by atoms with Crippen LogP contribution in [0.1, 0.15) is 27.9 Å². The molecule has 0 aliphatic carbocycles.